The second-order valence-electron chi connectivity index (χ2n) is 7.83. The minimum Gasteiger partial charge on any atom is -0.493 e. The summed E-state index contributed by atoms with van der Waals surface area (Å²) in [7, 11) is 4.48. The molecule has 178 valence electrons. The second kappa shape index (κ2) is 10.9. The van der Waals surface area contributed by atoms with Gasteiger partial charge in [0.1, 0.15) is 0 Å². The largest absolute Gasteiger partial charge is 0.493 e. The van der Waals surface area contributed by atoms with Gasteiger partial charge in [0, 0.05) is 24.2 Å². The number of fused-ring (bicyclic) bond motifs is 1. The Kier molecular flexibility index (Phi) is 8.03. The summed E-state index contributed by atoms with van der Waals surface area (Å²) in [5, 5.41) is 0. The van der Waals surface area contributed by atoms with Gasteiger partial charge in [-0.25, -0.2) is 9.59 Å². The summed E-state index contributed by atoms with van der Waals surface area (Å²) in [5.41, 5.74) is 2.52. The molecule has 0 saturated heterocycles. The van der Waals surface area contributed by atoms with E-state index in [9.17, 15) is 9.59 Å². The molecule has 1 heterocycles. The standard InChI is InChI=1S/C25H32N2O6/c1-6-33-25(29)27-17(2)14-20(19-15-22(30-3)23(31-4)16-21(19)27)26(24(28)32-5)13-12-18-10-8-7-9-11-18/h7-11,15-17,20H,6,12-14H2,1-5H3/t17-,20+/m0/s1. The van der Waals surface area contributed by atoms with E-state index >= 15 is 0 Å². The van der Waals surface area contributed by atoms with Crippen LogP contribution in [-0.2, 0) is 15.9 Å². The molecule has 0 unspecified atom stereocenters. The summed E-state index contributed by atoms with van der Waals surface area (Å²) < 4.78 is 21.5. The van der Waals surface area contributed by atoms with Crippen LogP contribution < -0.4 is 14.4 Å². The molecule has 0 radical (unpaired) electrons. The minimum atomic E-state index is -0.439. The lowest BCUT2D eigenvalue weighted by molar-refractivity contribution is 0.0984. The van der Waals surface area contributed by atoms with Crippen LogP contribution in [0.2, 0.25) is 0 Å². The predicted octanol–water partition coefficient (Wildman–Crippen LogP) is 4.81. The van der Waals surface area contributed by atoms with E-state index in [-0.39, 0.29) is 18.7 Å². The molecule has 0 N–H and O–H groups in total. The zero-order valence-corrected chi connectivity index (χ0v) is 19.9. The van der Waals surface area contributed by atoms with E-state index in [0.717, 1.165) is 11.1 Å². The molecule has 1 aliphatic rings. The molecule has 2 atom stereocenters. The molecule has 8 heteroatoms. The first-order chi connectivity index (χ1) is 15.9. The fourth-order valence-electron chi connectivity index (χ4n) is 4.30. The van der Waals surface area contributed by atoms with Crippen LogP contribution in [-0.4, -0.2) is 57.6 Å². The summed E-state index contributed by atoms with van der Waals surface area (Å²) >= 11 is 0. The second-order valence-corrected chi connectivity index (χ2v) is 7.83. The molecule has 33 heavy (non-hydrogen) atoms. The average molecular weight is 457 g/mol. The van der Waals surface area contributed by atoms with Crippen molar-refractivity contribution in [1.29, 1.82) is 0 Å². The third kappa shape index (κ3) is 5.16. The van der Waals surface area contributed by atoms with Crippen molar-refractivity contribution in [2.45, 2.75) is 38.8 Å². The molecule has 3 rings (SSSR count). The van der Waals surface area contributed by atoms with E-state index in [1.165, 1.54) is 7.11 Å². The van der Waals surface area contributed by atoms with Crippen LogP contribution in [0.5, 0.6) is 11.5 Å². The highest BCUT2D eigenvalue weighted by Gasteiger charge is 2.40. The van der Waals surface area contributed by atoms with Gasteiger partial charge in [-0.05, 0) is 38.3 Å². The maximum absolute atomic E-state index is 12.9. The fourth-order valence-corrected chi connectivity index (χ4v) is 4.30. The number of ether oxygens (including phenoxy) is 4. The number of rotatable bonds is 7. The average Bonchev–Trinajstić information content (AvgIpc) is 2.83. The van der Waals surface area contributed by atoms with Gasteiger partial charge in [0.2, 0.25) is 0 Å². The Hall–Kier alpha value is -3.42. The number of hydrogen-bond acceptors (Lipinski definition) is 6. The lowest BCUT2D eigenvalue weighted by atomic mass is 9.90. The van der Waals surface area contributed by atoms with Gasteiger partial charge in [-0.3, -0.25) is 4.90 Å². The summed E-state index contributed by atoms with van der Waals surface area (Å²) in [4.78, 5) is 29.1. The van der Waals surface area contributed by atoms with Crippen LogP contribution in [0, 0.1) is 0 Å². The molecule has 2 aromatic carbocycles. The van der Waals surface area contributed by atoms with Gasteiger partial charge in [-0.2, -0.15) is 0 Å². The van der Waals surface area contributed by atoms with Crippen molar-refractivity contribution < 1.29 is 28.5 Å². The maximum Gasteiger partial charge on any atom is 0.414 e. The molecule has 0 saturated carbocycles. The van der Waals surface area contributed by atoms with Crippen LogP contribution >= 0.6 is 0 Å². The Balaban J connectivity index is 2.06. The van der Waals surface area contributed by atoms with Gasteiger partial charge in [0.05, 0.1) is 39.7 Å². The molecular formula is C25H32N2O6. The Labute approximate surface area is 195 Å². The van der Waals surface area contributed by atoms with Crippen LogP contribution in [0.25, 0.3) is 0 Å². The molecular weight excluding hydrogens is 424 g/mol. The first kappa shape index (κ1) is 24.2. The Morgan fingerprint density at radius 3 is 2.33 bits per heavy atom. The zero-order chi connectivity index (χ0) is 24.0. The summed E-state index contributed by atoms with van der Waals surface area (Å²) in [6.45, 7) is 4.43. The topological polar surface area (TPSA) is 77.5 Å². The van der Waals surface area contributed by atoms with E-state index in [1.807, 2.05) is 43.3 Å². The van der Waals surface area contributed by atoms with Crippen LogP contribution in [0.1, 0.15) is 37.4 Å². The van der Waals surface area contributed by atoms with Gasteiger partial charge >= 0.3 is 12.2 Å². The Bertz CT molecular complexity index is 965. The van der Waals surface area contributed by atoms with Crippen molar-refractivity contribution >= 4 is 17.9 Å². The van der Waals surface area contributed by atoms with E-state index in [0.29, 0.717) is 36.6 Å². The van der Waals surface area contributed by atoms with E-state index in [2.05, 4.69) is 0 Å². The third-order valence-corrected chi connectivity index (χ3v) is 5.89. The highest BCUT2D eigenvalue weighted by Crippen LogP contribution is 2.46. The van der Waals surface area contributed by atoms with E-state index in [1.54, 1.807) is 37.0 Å². The van der Waals surface area contributed by atoms with Crippen molar-refractivity contribution in [1.82, 2.24) is 4.90 Å². The lowest BCUT2D eigenvalue weighted by Crippen LogP contribution is -2.48. The summed E-state index contributed by atoms with van der Waals surface area (Å²) in [6, 6.07) is 13.0. The fraction of sp³-hybridized carbons (Fsp3) is 0.440. The highest BCUT2D eigenvalue weighted by molar-refractivity contribution is 5.91. The first-order valence-electron chi connectivity index (χ1n) is 11.1. The Morgan fingerprint density at radius 1 is 1.06 bits per heavy atom. The number of hydrogen-bond donors (Lipinski definition) is 0. The molecule has 0 spiro atoms. The monoisotopic (exact) mass is 456 g/mol. The van der Waals surface area contributed by atoms with E-state index < -0.39 is 12.2 Å². The van der Waals surface area contributed by atoms with Gasteiger partial charge in [0.15, 0.2) is 11.5 Å². The number of nitrogens with zero attached hydrogens (tertiary/aromatic N) is 2. The number of amides is 2. The van der Waals surface area contributed by atoms with Crippen molar-refractivity contribution in [2.75, 3.05) is 39.4 Å². The minimum absolute atomic E-state index is 0.219. The van der Waals surface area contributed by atoms with Gasteiger partial charge in [-0.15, -0.1) is 0 Å². The molecule has 1 aliphatic heterocycles. The number of carbonyl (C=O) groups is 2. The highest BCUT2D eigenvalue weighted by atomic mass is 16.6. The molecule has 0 fully saturated rings. The summed E-state index contributed by atoms with van der Waals surface area (Å²) in [5.74, 6) is 1.01. The van der Waals surface area contributed by atoms with Crippen molar-refractivity contribution in [2.24, 2.45) is 0 Å². The molecule has 8 nitrogen and oxygen atoms in total. The molecule has 0 bridgehead atoms. The van der Waals surface area contributed by atoms with Crippen LogP contribution in [0.15, 0.2) is 42.5 Å². The first-order valence-corrected chi connectivity index (χ1v) is 11.1. The quantitative estimate of drug-likeness (QED) is 0.595. The lowest BCUT2D eigenvalue weighted by Gasteiger charge is -2.42. The van der Waals surface area contributed by atoms with Gasteiger partial charge in [0.25, 0.3) is 0 Å². The smallest absolute Gasteiger partial charge is 0.414 e. The van der Waals surface area contributed by atoms with Gasteiger partial charge in [-0.1, -0.05) is 30.3 Å². The zero-order valence-electron chi connectivity index (χ0n) is 19.9. The van der Waals surface area contributed by atoms with Crippen molar-refractivity contribution in [3.63, 3.8) is 0 Å². The SMILES string of the molecule is CCOC(=O)N1c2cc(OC)c(OC)cc2[C@H](N(CCc2ccccc2)C(=O)OC)C[C@@H]1C. The number of carbonyl (C=O) groups excluding carboxylic acids is 2. The normalized spacial score (nSPS) is 17.1. The molecule has 2 aromatic rings. The predicted molar refractivity (Wildman–Crippen MR) is 125 cm³/mol. The molecule has 2 amide bonds. The third-order valence-electron chi connectivity index (χ3n) is 5.89. The maximum atomic E-state index is 12.9. The van der Waals surface area contributed by atoms with Crippen molar-refractivity contribution in [3.8, 4) is 11.5 Å². The van der Waals surface area contributed by atoms with E-state index in [4.69, 9.17) is 18.9 Å². The van der Waals surface area contributed by atoms with Crippen molar-refractivity contribution in [3.05, 3.63) is 53.6 Å². The van der Waals surface area contributed by atoms with Crippen LogP contribution in [0.4, 0.5) is 15.3 Å². The molecule has 0 aromatic heterocycles. The number of anilines is 1. The number of methoxy groups -OCH3 is 3. The van der Waals surface area contributed by atoms with Crippen LogP contribution in [0.3, 0.4) is 0 Å². The summed E-state index contributed by atoms with van der Waals surface area (Å²) in [6.07, 6.45) is 0.329. The Morgan fingerprint density at radius 2 is 1.73 bits per heavy atom. The number of benzene rings is 2. The van der Waals surface area contributed by atoms with Gasteiger partial charge < -0.3 is 23.8 Å². The molecule has 0 aliphatic carbocycles.